The first-order chi connectivity index (χ1) is 10.1. The van der Waals surface area contributed by atoms with Gasteiger partial charge in [-0.3, -0.25) is 0 Å². The van der Waals surface area contributed by atoms with Gasteiger partial charge in [0.1, 0.15) is 0 Å². The van der Waals surface area contributed by atoms with E-state index in [1.54, 1.807) is 36.4 Å². The Balaban J connectivity index is 2.08. The van der Waals surface area contributed by atoms with Crippen molar-refractivity contribution < 1.29 is 4.79 Å². The topological polar surface area (TPSA) is 88.7 Å². The highest BCUT2D eigenvalue weighted by Crippen LogP contribution is 2.23. The maximum Gasteiger partial charge on any atom is 0.323 e. The lowest BCUT2D eigenvalue weighted by Crippen LogP contribution is -2.19. The van der Waals surface area contributed by atoms with Crippen LogP contribution in [0.15, 0.2) is 42.5 Å². The summed E-state index contributed by atoms with van der Waals surface area (Å²) in [6.45, 7) is 0. The van der Waals surface area contributed by atoms with E-state index in [9.17, 15) is 4.79 Å². The lowest BCUT2D eigenvalue weighted by molar-refractivity contribution is 0.262. The van der Waals surface area contributed by atoms with E-state index in [0.29, 0.717) is 22.5 Å². The first kappa shape index (κ1) is 14.4. The van der Waals surface area contributed by atoms with Gasteiger partial charge in [-0.25, -0.2) is 4.79 Å². The molecule has 5 nitrogen and oxygen atoms in total. The van der Waals surface area contributed by atoms with Gasteiger partial charge < -0.3 is 10.6 Å². The molecular formula is C15H9ClN4O. The number of anilines is 2. The molecular weight excluding hydrogens is 288 g/mol. The summed E-state index contributed by atoms with van der Waals surface area (Å²) < 4.78 is 0. The molecule has 0 fully saturated rings. The third-order valence-electron chi connectivity index (χ3n) is 2.60. The monoisotopic (exact) mass is 296 g/mol. The van der Waals surface area contributed by atoms with Crippen molar-refractivity contribution in [2.24, 2.45) is 0 Å². The second kappa shape index (κ2) is 6.42. The summed E-state index contributed by atoms with van der Waals surface area (Å²) in [6, 6.07) is 14.6. The second-order valence-corrected chi connectivity index (χ2v) is 4.49. The van der Waals surface area contributed by atoms with Crippen LogP contribution in [-0.4, -0.2) is 6.03 Å². The van der Waals surface area contributed by atoms with Crippen molar-refractivity contribution in [3.63, 3.8) is 0 Å². The molecule has 2 N–H and O–H groups in total. The number of carbonyl (C=O) groups is 1. The van der Waals surface area contributed by atoms with Crippen LogP contribution in [0.2, 0.25) is 5.02 Å². The van der Waals surface area contributed by atoms with Crippen LogP contribution in [0.1, 0.15) is 11.1 Å². The van der Waals surface area contributed by atoms with Crippen molar-refractivity contribution in [3.05, 3.63) is 58.6 Å². The molecule has 0 spiro atoms. The van der Waals surface area contributed by atoms with Crippen LogP contribution in [0.3, 0.4) is 0 Å². The number of benzene rings is 2. The fourth-order valence-electron chi connectivity index (χ4n) is 1.64. The quantitative estimate of drug-likeness (QED) is 0.885. The number of nitrogens with one attached hydrogen (secondary N) is 2. The summed E-state index contributed by atoms with van der Waals surface area (Å²) in [5.74, 6) is 0. The molecule has 6 heteroatoms. The molecule has 2 amide bonds. The maximum absolute atomic E-state index is 11.9. The highest BCUT2D eigenvalue weighted by molar-refractivity contribution is 6.33. The van der Waals surface area contributed by atoms with Gasteiger partial charge >= 0.3 is 6.03 Å². The second-order valence-electron chi connectivity index (χ2n) is 4.08. The number of hydrogen-bond acceptors (Lipinski definition) is 3. The fraction of sp³-hybridized carbons (Fsp3) is 0. The molecule has 0 saturated heterocycles. The zero-order chi connectivity index (χ0) is 15.2. The molecule has 0 unspecified atom stereocenters. The molecule has 21 heavy (non-hydrogen) atoms. The molecule has 2 rings (SSSR count). The SMILES string of the molecule is N#Cc1cccc(NC(=O)Nc2ccc(C#N)cc2Cl)c1. The highest BCUT2D eigenvalue weighted by atomic mass is 35.5. The third-order valence-corrected chi connectivity index (χ3v) is 2.91. The van der Waals surface area contributed by atoms with Gasteiger partial charge in [0.2, 0.25) is 0 Å². The number of nitriles is 2. The predicted molar refractivity (Wildman–Crippen MR) is 80.0 cm³/mol. The van der Waals surface area contributed by atoms with Gasteiger partial charge in [0, 0.05) is 5.69 Å². The first-order valence-corrected chi connectivity index (χ1v) is 6.28. The number of rotatable bonds is 2. The van der Waals surface area contributed by atoms with Gasteiger partial charge in [0.25, 0.3) is 0 Å². The Morgan fingerprint density at radius 1 is 1.00 bits per heavy atom. The third kappa shape index (κ3) is 3.73. The van der Waals surface area contributed by atoms with E-state index in [2.05, 4.69) is 10.6 Å². The number of urea groups is 1. The minimum atomic E-state index is -0.489. The number of carbonyl (C=O) groups excluding carboxylic acids is 1. The Morgan fingerprint density at radius 2 is 1.71 bits per heavy atom. The van der Waals surface area contributed by atoms with Crippen LogP contribution < -0.4 is 10.6 Å². The van der Waals surface area contributed by atoms with E-state index in [1.165, 1.54) is 6.07 Å². The first-order valence-electron chi connectivity index (χ1n) is 5.90. The van der Waals surface area contributed by atoms with Gasteiger partial charge in [-0.15, -0.1) is 0 Å². The van der Waals surface area contributed by atoms with E-state index in [0.717, 1.165) is 0 Å². The van der Waals surface area contributed by atoms with Crippen LogP contribution in [0, 0.1) is 22.7 Å². The van der Waals surface area contributed by atoms with Crippen LogP contribution in [0.4, 0.5) is 16.2 Å². The van der Waals surface area contributed by atoms with Crippen LogP contribution in [-0.2, 0) is 0 Å². The number of amides is 2. The lowest BCUT2D eigenvalue weighted by atomic mass is 10.2. The van der Waals surface area contributed by atoms with Crippen molar-refractivity contribution in [2.75, 3.05) is 10.6 Å². The number of hydrogen-bond donors (Lipinski definition) is 2. The van der Waals surface area contributed by atoms with E-state index < -0.39 is 6.03 Å². The van der Waals surface area contributed by atoms with Gasteiger partial charge in [0.05, 0.1) is 34.0 Å². The molecule has 0 bridgehead atoms. The lowest BCUT2D eigenvalue weighted by Gasteiger charge is -2.09. The van der Waals surface area contributed by atoms with E-state index in [-0.39, 0.29) is 5.02 Å². The summed E-state index contributed by atoms with van der Waals surface area (Å²) in [4.78, 5) is 11.9. The van der Waals surface area contributed by atoms with Gasteiger partial charge in [-0.1, -0.05) is 17.7 Å². The maximum atomic E-state index is 11.9. The standard InChI is InChI=1S/C15H9ClN4O/c16-13-7-11(9-18)4-5-14(13)20-15(21)19-12-3-1-2-10(6-12)8-17/h1-7H,(H2,19,20,21). The van der Waals surface area contributed by atoms with Crippen molar-refractivity contribution in [1.29, 1.82) is 10.5 Å². The zero-order valence-electron chi connectivity index (χ0n) is 10.7. The minimum Gasteiger partial charge on any atom is -0.308 e. The molecule has 102 valence electrons. The predicted octanol–water partition coefficient (Wildman–Crippen LogP) is 3.73. The number of halogens is 1. The van der Waals surface area contributed by atoms with Crippen LogP contribution >= 0.6 is 11.6 Å². The minimum absolute atomic E-state index is 0.273. The van der Waals surface area contributed by atoms with Gasteiger partial charge in [0.15, 0.2) is 0 Å². The molecule has 0 atom stereocenters. The highest BCUT2D eigenvalue weighted by Gasteiger charge is 2.07. The van der Waals surface area contributed by atoms with Crippen molar-refractivity contribution in [1.82, 2.24) is 0 Å². The molecule has 0 aliphatic heterocycles. The molecule has 0 saturated carbocycles. The molecule has 0 radical (unpaired) electrons. The van der Waals surface area contributed by atoms with Crippen molar-refractivity contribution >= 4 is 29.0 Å². The molecule has 0 aromatic heterocycles. The molecule has 2 aromatic carbocycles. The average Bonchev–Trinajstić information content (AvgIpc) is 2.49. The van der Waals surface area contributed by atoms with Crippen LogP contribution in [0.5, 0.6) is 0 Å². The summed E-state index contributed by atoms with van der Waals surface area (Å²) in [7, 11) is 0. The average molecular weight is 297 g/mol. The molecule has 0 heterocycles. The summed E-state index contributed by atoms with van der Waals surface area (Å²) >= 11 is 5.97. The fourth-order valence-corrected chi connectivity index (χ4v) is 1.86. The molecule has 0 aliphatic carbocycles. The summed E-state index contributed by atoms with van der Waals surface area (Å²) in [5, 5.41) is 23.0. The Hall–Kier alpha value is -3.02. The summed E-state index contributed by atoms with van der Waals surface area (Å²) in [5.41, 5.74) is 1.75. The van der Waals surface area contributed by atoms with Crippen molar-refractivity contribution in [2.45, 2.75) is 0 Å². The van der Waals surface area contributed by atoms with Gasteiger partial charge in [-0.05, 0) is 36.4 Å². The Kier molecular flexibility index (Phi) is 4.40. The Labute approximate surface area is 126 Å². The van der Waals surface area contributed by atoms with E-state index in [1.807, 2.05) is 12.1 Å². The largest absolute Gasteiger partial charge is 0.323 e. The van der Waals surface area contributed by atoms with Gasteiger partial charge in [-0.2, -0.15) is 10.5 Å². The summed E-state index contributed by atoms with van der Waals surface area (Å²) in [6.07, 6.45) is 0. The van der Waals surface area contributed by atoms with E-state index in [4.69, 9.17) is 22.1 Å². The Bertz CT molecular complexity index is 774. The molecule has 2 aromatic rings. The number of nitrogens with zero attached hydrogens (tertiary/aromatic N) is 2. The van der Waals surface area contributed by atoms with E-state index >= 15 is 0 Å². The Morgan fingerprint density at radius 3 is 2.38 bits per heavy atom. The van der Waals surface area contributed by atoms with Crippen LogP contribution in [0.25, 0.3) is 0 Å². The van der Waals surface area contributed by atoms with Crippen molar-refractivity contribution in [3.8, 4) is 12.1 Å². The smallest absolute Gasteiger partial charge is 0.308 e. The normalized spacial score (nSPS) is 9.29. The zero-order valence-corrected chi connectivity index (χ0v) is 11.5. The molecule has 0 aliphatic rings.